The monoisotopic (exact) mass is 520 g/mol. The van der Waals surface area contributed by atoms with Gasteiger partial charge in [-0.3, -0.25) is 14.9 Å². The molecule has 2 heterocycles. The van der Waals surface area contributed by atoms with Crippen LogP contribution in [0.5, 0.6) is 0 Å². The molecule has 3 rings (SSSR count). The first-order valence-corrected chi connectivity index (χ1v) is 11.4. The minimum atomic E-state index is -3.77. The summed E-state index contributed by atoms with van der Waals surface area (Å²) < 4.78 is 48.8. The number of hydrogen-bond acceptors (Lipinski definition) is 9. The lowest BCUT2D eigenvalue weighted by Gasteiger charge is -2.46. The van der Waals surface area contributed by atoms with Crippen LogP contribution in [0.3, 0.4) is 0 Å². The van der Waals surface area contributed by atoms with Crippen molar-refractivity contribution < 1.29 is 26.8 Å². The summed E-state index contributed by atoms with van der Waals surface area (Å²) >= 11 is 3.07. The molecule has 0 bridgehead atoms. The van der Waals surface area contributed by atoms with Crippen LogP contribution in [0.2, 0.25) is 0 Å². The number of halogens is 2. The van der Waals surface area contributed by atoms with E-state index in [9.17, 15) is 18.0 Å². The molecule has 3 N–H and O–H groups in total. The SMILES string of the molecule is CC(C)OS(=O)(=O)N1CC(C)(CNc2nonc2C(=Nc2ccc(F)c(Br)c2)NO)C1. The number of aliphatic imine (C=N–C) groups is 1. The highest BCUT2D eigenvalue weighted by molar-refractivity contribution is 9.10. The van der Waals surface area contributed by atoms with E-state index in [-0.39, 0.29) is 40.3 Å². The summed E-state index contributed by atoms with van der Waals surface area (Å²) in [7, 11) is -3.77. The van der Waals surface area contributed by atoms with Crippen molar-refractivity contribution in [2.45, 2.75) is 26.9 Å². The molecule has 1 fully saturated rings. The molecule has 0 aliphatic carbocycles. The number of hydroxylamine groups is 1. The predicted octanol–water partition coefficient (Wildman–Crippen LogP) is 2.43. The predicted molar refractivity (Wildman–Crippen MR) is 113 cm³/mol. The second-order valence-electron chi connectivity index (χ2n) is 7.67. The van der Waals surface area contributed by atoms with Crippen LogP contribution in [-0.2, 0) is 14.5 Å². The fourth-order valence-corrected chi connectivity index (χ4v) is 4.87. The molecule has 31 heavy (non-hydrogen) atoms. The molecule has 170 valence electrons. The summed E-state index contributed by atoms with van der Waals surface area (Å²) in [6.07, 6.45) is -0.441. The Morgan fingerprint density at radius 2 is 2.16 bits per heavy atom. The summed E-state index contributed by atoms with van der Waals surface area (Å²) in [5.41, 5.74) is 1.99. The number of amidine groups is 1. The zero-order valence-corrected chi connectivity index (χ0v) is 19.4. The largest absolute Gasteiger partial charge is 0.365 e. The summed E-state index contributed by atoms with van der Waals surface area (Å²) in [5, 5.41) is 20.0. The number of rotatable bonds is 8. The Morgan fingerprint density at radius 1 is 1.45 bits per heavy atom. The highest BCUT2D eigenvalue weighted by Gasteiger charge is 2.45. The summed E-state index contributed by atoms with van der Waals surface area (Å²) in [6.45, 7) is 6.08. The molecule has 0 spiro atoms. The van der Waals surface area contributed by atoms with Gasteiger partial charge >= 0.3 is 10.3 Å². The van der Waals surface area contributed by atoms with Crippen LogP contribution in [0.15, 0.2) is 32.3 Å². The zero-order valence-electron chi connectivity index (χ0n) is 17.0. The topological polar surface area (TPSA) is 142 Å². The maximum absolute atomic E-state index is 13.4. The highest BCUT2D eigenvalue weighted by Crippen LogP contribution is 2.33. The van der Waals surface area contributed by atoms with Crippen molar-refractivity contribution in [3.8, 4) is 0 Å². The minimum absolute atomic E-state index is 0.0736. The Balaban J connectivity index is 1.68. The molecule has 1 saturated heterocycles. The molecule has 0 amide bonds. The number of hydrogen-bond donors (Lipinski definition) is 3. The molecule has 1 aromatic carbocycles. The average Bonchev–Trinajstić information content (AvgIpc) is 3.12. The van der Waals surface area contributed by atoms with Crippen molar-refractivity contribution in [1.29, 1.82) is 0 Å². The van der Waals surface area contributed by atoms with E-state index in [0.717, 1.165) is 0 Å². The van der Waals surface area contributed by atoms with Crippen LogP contribution in [-0.4, -0.2) is 59.8 Å². The van der Waals surface area contributed by atoms with E-state index in [1.54, 1.807) is 13.8 Å². The van der Waals surface area contributed by atoms with Crippen molar-refractivity contribution in [2.75, 3.05) is 25.0 Å². The molecule has 2 aromatic rings. The second kappa shape index (κ2) is 9.16. The molecule has 1 aromatic heterocycles. The Kier molecular flexibility index (Phi) is 6.95. The Labute approximate surface area is 187 Å². The van der Waals surface area contributed by atoms with Crippen molar-refractivity contribution in [3.63, 3.8) is 0 Å². The number of nitrogens with one attached hydrogen (secondary N) is 2. The van der Waals surface area contributed by atoms with Gasteiger partial charge in [-0.2, -0.15) is 12.7 Å². The van der Waals surface area contributed by atoms with E-state index in [4.69, 9.17) is 8.81 Å². The van der Waals surface area contributed by atoms with Gasteiger partial charge < -0.3 is 5.32 Å². The van der Waals surface area contributed by atoms with Gasteiger partial charge in [0.05, 0.1) is 16.3 Å². The van der Waals surface area contributed by atoms with Gasteiger partial charge in [-0.25, -0.2) is 14.0 Å². The molecule has 0 unspecified atom stereocenters. The molecule has 0 atom stereocenters. The first-order chi connectivity index (χ1) is 14.5. The van der Waals surface area contributed by atoms with Gasteiger partial charge in [-0.1, -0.05) is 6.92 Å². The second-order valence-corrected chi connectivity index (χ2v) is 10.1. The third kappa shape index (κ3) is 5.57. The van der Waals surface area contributed by atoms with Gasteiger partial charge in [0.2, 0.25) is 5.82 Å². The van der Waals surface area contributed by atoms with E-state index in [1.165, 1.54) is 22.5 Å². The normalized spacial score (nSPS) is 16.9. The van der Waals surface area contributed by atoms with Gasteiger partial charge in [0, 0.05) is 25.0 Å². The van der Waals surface area contributed by atoms with Crippen molar-refractivity contribution in [1.82, 2.24) is 20.1 Å². The Morgan fingerprint density at radius 3 is 2.77 bits per heavy atom. The van der Waals surface area contributed by atoms with Crippen LogP contribution in [0.4, 0.5) is 15.9 Å². The van der Waals surface area contributed by atoms with E-state index in [2.05, 4.69) is 36.6 Å². The van der Waals surface area contributed by atoms with Gasteiger partial charge in [-0.05, 0) is 58.3 Å². The number of anilines is 1. The fourth-order valence-electron chi connectivity index (χ4n) is 2.95. The lowest BCUT2D eigenvalue weighted by Crippen LogP contribution is -2.60. The van der Waals surface area contributed by atoms with Crippen molar-refractivity contribution in [2.24, 2.45) is 10.4 Å². The standard InChI is InChI=1S/C17H22BrFN6O5S/c1-10(2)29-31(27,28)25-8-17(3,9-25)7-20-15-14(23-30-24-15)16(22-26)21-11-4-5-13(19)12(18)6-11/h4-6,10,26H,7-9H2,1-3H3,(H,20,24)(H,21,22). The molecule has 14 heteroatoms. The molecule has 0 saturated carbocycles. The fraction of sp³-hybridized carbons (Fsp3) is 0.471. The maximum atomic E-state index is 13.4. The van der Waals surface area contributed by atoms with E-state index < -0.39 is 22.2 Å². The summed E-state index contributed by atoms with van der Waals surface area (Å²) in [5.74, 6) is -0.329. The molecule has 1 aliphatic heterocycles. The van der Waals surface area contributed by atoms with Crippen LogP contribution in [0.25, 0.3) is 0 Å². The molecule has 11 nitrogen and oxygen atoms in total. The lowest BCUT2D eigenvalue weighted by atomic mass is 9.84. The third-order valence-electron chi connectivity index (χ3n) is 4.39. The molecule has 0 radical (unpaired) electrons. The van der Waals surface area contributed by atoms with E-state index >= 15 is 0 Å². The minimum Gasteiger partial charge on any atom is -0.365 e. The van der Waals surface area contributed by atoms with E-state index in [1.807, 2.05) is 12.4 Å². The summed E-state index contributed by atoms with van der Waals surface area (Å²) in [6, 6.07) is 4.07. The third-order valence-corrected chi connectivity index (χ3v) is 6.52. The molecule has 1 aliphatic rings. The average molecular weight is 521 g/mol. The van der Waals surface area contributed by atoms with E-state index in [0.29, 0.717) is 12.2 Å². The van der Waals surface area contributed by atoms with Crippen LogP contribution >= 0.6 is 15.9 Å². The smallest absolute Gasteiger partial charge is 0.338 e. The van der Waals surface area contributed by atoms with Crippen LogP contribution < -0.4 is 10.8 Å². The zero-order chi connectivity index (χ0) is 22.8. The maximum Gasteiger partial charge on any atom is 0.338 e. The Bertz CT molecular complexity index is 1070. The van der Waals surface area contributed by atoms with Gasteiger partial charge in [0.1, 0.15) is 5.82 Å². The first kappa shape index (κ1) is 23.5. The van der Waals surface area contributed by atoms with Gasteiger partial charge in [-0.15, -0.1) is 0 Å². The van der Waals surface area contributed by atoms with Gasteiger partial charge in [0.15, 0.2) is 11.5 Å². The summed E-state index contributed by atoms with van der Waals surface area (Å²) in [4.78, 5) is 4.18. The highest BCUT2D eigenvalue weighted by atomic mass is 79.9. The lowest BCUT2D eigenvalue weighted by molar-refractivity contribution is 0.0806. The Hall–Kier alpha value is -2.13. The van der Waals surface area contributed by atoms with Crippen LogP contribution in [0.1, 0.15) is 26.5 Å². The number of nitrogens with zero attached hydrogens (tertiary/aromatic N) is 4. The molecular weight excluding hydrogens is 499 g/mol. The number of benzene rings is 1. The van der Waals surface area contributed by atoms with Crippen molar-refractivity contribution >= 4 is 43.6 Å². The quantitative estimate of drug-likeness (QED) is 0.271. The first-order valence-electron chi connectivity index (χ1n) is 9.22. The number of aromatic nitrogens is 2. The van der Waals surface area contributed by atoms with Gasteiger partial charge in [0.25, 0.3) is 0 Å². The van der Waals surface area contributed by atoms with Crippen LogP contribution in [0, 0.1) is 11.2 Å². The molecular formula is C17H22BrFN6O5S. The van der Waals surface area contributed by atoms with Crippen molar-refractivity contribution in [3.05, 3.63) is 34.2 Å².